The van der Waals surface area contributed by atoms with Gasteiger partial charge in [-0.15, -0.1) is 0 Å². The summed E-state index contributed by atoms with van der Waals surface area (Å²) in [5.74, 6) is -1.75. The lowest BCUT2D eigenvalue weighted by molar-refractivity contribution is -0.149. The van der Waals surface area contributed by atoms with Gasteiger partial charge in [-0.1, -0.05) is 6.92 Å². The molecule has 2 heterocycles. The largest absolute Gasteiger partial charge is 0.454 e. The molecule has 2 N–H and O–H groups in total. The zero-order valence-electron chi connectivity index (χ0n) is 14.7. The number of esters is 1. The summed E-state index contributed by atoms with van der Waals surface area (Å²) in [7, 11) is 1.59. The molecule has 1 saturated heterocycles. The average molecular weight is 364 g/mol. The number of amides is 4. The topological polar surface area (TPSA) is 134 Å². The van der Waals surface area contributed by atoms with Gasteiger partial charge in [0.1, 0.15) is 12.1 Å². The number of hydrogen-bond donors (Lipinski definition) is 2. The molecule has 1 unspecified atom stereocenters. The molecule has 2 rings (SSSR count). The zero-order valence-corrected chi connectivity index (χ0v) is 14.7. The lowest BCUT2D eigenvalue weighted by Gasteiger charge is -2.19. The molecule has 0 aromatic carbocycles. The van der Waals surface area contributed by atoms with Gasteiger partial charge in [0.2, 0.25) is 5.95 Å². The molecular formula is C15H20N6O5. The van der Waals surface area contributed by atoms with Crippen molar-refractivity contribution >= 4 is 29.8 Å². The Labute approximate surface area is 149 Å². The van der Waals surface area contributed by atoms with Crippen LogP contribution in [0.2, 0.25) is 0 Å². The number of rotatable bonds is 7. The predicted octanol–water partition coefficient (Wildman–Crippen LogP) is -0.792. The molecule has 1 fully saturated rings. The average Bonchev–Trinajstić information content (AvgIpc) is 2.84. The van der Waals surface area contributed by atoms with Crippen LogP contribution >= 0.6 is 0 Å². The Balaban J connectivity index is 1.81. The standard InChI is InChI=1S/C15H20N6O5/c1-4-15(2)12(24)21(14(25)18-15)19-10(22)9-26-11(23)8-20(3)13-16-6-5-7-17-13/h5-7H,4,8-9H2,1-3H3,(H,18,25)(H,19,22). The van der Waals surface area contributed by atoms with Gasteiger partial charge >= 0.3 is 12.0 Å². The highest BCUT2D eigenvalue weighted by Crippen LogP contribution is 2.18. The first-order valence-corrected chi connectivity index (χ1v) is 7.87. The number of imide groups is 1. The maximum Gasteiger partial charge on any atom is 0.344 e. The number of ether oxygens (including phenoxy) is 1. The van der Waals surface area contributed by atoms with Gasteiger partial charge < -0.3 is 15.0 Å². The number of nitrogens with zero attached hydrogens (tertiary/aromatic N) is 4. The van der Waals surface area contributed by atoms with Crippen LogP contribution in [0.25, 0.3) is 0 Å². The lowest BCUT2D eigenvalue weighted by Crippen LogP contribution is -2.49. The van der Waals surface area contributed by atoms with E-state index in [-0.39, 0.29) is 6.54 Å². The molecule has 1 aromatic rings. The first kappa shape index (κ1) is 19.1. The lowest BCUT2D eigenvalue weighted by atomic mass is 10.00. The van der Waals surface area contributed by atoms with Gasteiger partial charge in [-0.2, -0.15) is 5.01 Å². The molecule has 0 saturated carbocycles. The summed E-state index contributed by atoms with van der Waals surface area (Å²) in [6, 6.07) is 0.902. The summed E-state index contributed by atoms with van der Waals surface area (Å²) in [6.45, 7) is 2.48. The molecule has 140 valence electrons. The van der Waals surface area contributed by atoms with Gasteiger partial charge in [-0.25, -0.2) is 14.8 Å². The van der Waals surface area contributed by atoms with Crippen LogP contribution in [0.15, 0.2) is 18.5 Å². The number of urea groups is 1. The number of carbonyl (C=O) groups is 4. The molecule has 11 nitrogen and oxygen atoms in total. The van der Waals surface area contributed by atoms with Gasteiger partial charge in [-0.05, 0) is 19.4 Å². The van der Waals surface area contributed by atoms with E-state index in [1.165, 1.54) is 17.3 Å². The number of aromatic nitrogens is 2. The van der Waals surface area contributed by atoms with Crippen molar-refractivity contribution in [3.8, 4) is 0 Å². The van der Waals surface area contributed by atoms with E-state index in [1.54, 1.807) is 27.0 Å². The van der Waals surface area contributed by atoms with Crippen molar-refractivity contribution in [3.63, 3.8) is 0 Å². The minimum atomic E-state index is -1.07. The Morgan fingerprint density at radius 3 is 2.58 bits per heavy atom. The molecule has 0 bridgehead atoms. The van der Waals surface area contributed by atoms with E-state index in [0.717, 1.165) is 0 Å². The Morgan fingerprint density at radius 2 is 2.00 bits per heavy atom. The van der Waals surface area contributed by atoms with Gasteiger partial charge in [-0.3, -0.25) is 19.8 Å². The highest BCUT2D eigenvalue weighted by atomic mass is 16.5. The van der Waals surface area contributed by atoms with Gasteiger partial charge in [0, 0.05) is 19.4 Å². The van der Waals surface area contributed by atoms with Crippen molar-refractivity contribution in [1.29, 1.82) is 0 Å². The monoisotopic (exact) mass is 364 g/mol. The number of carbonyl (C=O) groups excluding carboxylic acids is 4. The number of hydrogen-bond acceptors (Lipinski definition) is 8. The minimum absolute atomic E-state index is 0.172. The van der Waals surface area contributed by atoms with Crippen molar-refractivity contribution < 1.29 is 23.9 Å². The zero-order chi connectivity index (χ0) is 19.3. The smallest absolute Gasteiger partial charge is 0.344 e. The fourth-order valence-electron chi connectivity index (χ4n) is 2.13. The number of nitrogens with one attached hydrogen (secondary N) is 2. The summed E-state index contributed by atoms with van der Waals surface area (Å²) in [5, 5.41) is 3.08. The Morgan fingerprint density at radius 1 is 1.35 bits per heavy atom. The van der Waals surface area contributed by atoms with E-state index in [1.807, 2.05) is 0 Å². The number of hydrazine groups is 1. The summed E-state index contributed by atoms with van der Waals surface area (Å²) >= 11 is 0. The Bertz CT molecular complexity index is 712. The van der Waals surface area contributed by atoms with Crippen molar-refractivity contribution in [3.05, 3.63) is 18.5 Å². The number of anilines is 1. The van der Waals surface area contributed by atoms with Crippen LogP contribution in [0.3, 0.4) is 0 Å². The van der Waals surface area contributed by atoms with Crippen molar-refractivity contribution in [2.45, 2.75) is 25.8 Å². The van der Waals surface area contributed by atoms with Crippen LogP contribution in [0.4, 0.5) is 10.7 Å². The van der Waals surface area contributed by atoms with Crippen molar-refractivity contribution in [2.75, 3.05) is 25.1 Å². The SMILES string of the molecule is CCC1(C)NC(=O)N(NC(=O)COC(=O)CN(C)c2ncccn2)C1=O. The highest BCUT2D eigenvalue weighted by Gasteiger charge is 2.47. The van der Waals surface area contributed by atoms with Gasteiger partial charge in [0.15, 0.2) is 6.61 Å². The molecule has 1 atom stereocenters. The maximum absolute atomic E-state index is 12.1. The predicted molar refractivity (Wildman–Crippen MR) is 88.5 cm³/mol. The van der Waals surface area contributed by atoms with Crippen LogP contribution in [0, 0.1) is 0 Å². The van der Waals surface area contributed by atoms with E-state index in [0.29, 0.717) is 17.4 Å². The molecular weight excluding hydrogens is 344 g/mol. The summed E-state index contributed by atoms with van der Waals surface area (Å²) in [5.41, 5.74) is 1.06. The molecule has 1 aliphatic rings. The second-order valence-electron chi connectivity index (χ2n) is 5.86. The molecule has 1 aromatic heterocycles. The Kier molecular flexibility index (Phi) is 5.70. The van der Waals surface area contributed by atoms with Crippen LogP contribution < -0.4 is 15.6 Å². The third-order valence-electron chi connectivity index (χ3n) is 3.83. The fourth-order valence-corrected chi connectivity index (χ4v) is 2.13. The molecule has 0 aliphatic carbocycles. The molecule has 1 aliphatic heterocycles. The fraction of sp³-hybridized carbons (Fsp3) is 0.467. The molecule has 4 amide bonds. The van der Waals surface area contributed by atoms with Gasteiger partial charge in [0.25, 0.3) is 11.8 Å². The maximum atomic E-state index is 12.1. The second-order valence-corrected chi connectivity index (χ2v) is 5.86. The number of likely N-dealkylation sites (N-methyl/N-ethyl adjacent to an activating group) is 1. The summed E-state index contributed by atoms with van der Waals surface area (Å²) in [6.07, 6.45) is 3.42. The van der Waals surface area contributed by atoms with E-state index in [9.17, 15) is 19.2 Å². The first-order chi connectivity index (χ1) is 12.3. The van der Waals surface area contributed by atoms with Crippen LogP contribution in [0.5, 0.6) is 0 Å². The van der Waals surface area contributed by atoms with Crippen molar-refractivity contribution in [2.24, 2.45) is 0 Å². The van der Waals surface area contributed by atoms with E-state index < -0.39 is 36.0 Å². The Hall–Kier alpha value is -3.24. The quantitative estimate of drug-likeness (QED) is 0.475. The first-order valence-electron chi connectivity index (χ1n) is 7.87. The van der Waals surface area contributed by atoms with Crippen LogP contribution in [-0.4, -0.2) is 64.5 Å². The molecule has 26 heavy (non-hydrogen) atoms. The van der Waals surface area contributed by atoms with E-state index in [2.05, 4.69) is 20.7 Å². The van der Waals surface area contributed by atoms with Crippen molar-refractivity contribution in [1.82, 2.24) is 25.7 Å². The van der Waals surface area contributed by atoms with Crippen LogP contribution in [-0.2, 0) is 19.1 Å². The van der Waals surface area contributed by atoms with E-state index >= 15 is 0 Å². The minimum Gasteiger partial charge on any atom is -0.454 e. The molecule has 11 heteroatoms. The van der Waals surface area contributed by atoms with Crippen LogP contribution in [0.1, 0.15) is 20.3 Å². The second kappa shape index (κ2) is 7.76. The normalized spacial score (nSPS) is 19.1. The molecule has 0 spiro atoms. The van der Waals surface area contributed by atoms with Gasteiger partial charge in [0.05, 0.1) is 0 Å². The molecule has 0 radical (unpaired) electrons. The van der Waals surface area contributed by atoms with E-state index in [4.69, 9.17) is 4.74 Å². The third kappa shape index (κ3) is 4.23. The highest BCUT2D eigenvalue weighted by molar-refractivity contribution is 6.07. The summed E-state index contributed by atoms with van der Waals surface area (Å²) in [4.78, 5) is 57.0. The summed E-state index contributed by atoms with van der Waals surface area (Å²) < 4.78 is 4.84. The third-order valence-corrected chi connectivity index (χ3v) is 3.83.